The van der Waals surface area contributed by atoms with E-state index in [0.29, 0.717) is 27.6 Å². The normalized spacial score (nSPS) is 17.6. The molecule has 1 aromatic heterocycles. The molecule has 1 amide bonds. The molecule has 0 saturated carbocycles. The van der Waals surface area contributed by atoms with E-state index < -0.39 is 17.7 Å². The third-order valence-corrected chi connectivity index (χ3v) is 5.59. The number of hydrogen-bond donors (Lipinski definition) is 1. The minimum absolute atomic E-state index is 0.0194. The minimum Gasteiger partial charge on any atom is -0.507 e. The van der Waals surface area contributed by atoms with E-state index in [1.165, 1.54) is 4.90 Å². The predicted octanol–water partition coefficient (Wildman–Crippen LogP) is 5.46. The SMILES string of the molecule is Cc1ccc(Cl)cc1N1C(=O)C(=O)/C(=C(/O)c2cccc(OC(C)C)c2)C1c1cccnc1. The Kier molecular flexibility index (Phi) is 6.20. The summed E-state index contributed by atoms with van der Waals surface area (Å²) in [5.41, 5.74) is 2.21. The zero-order chi connectivity index (χ0) is 23.7. The number of amides is 1. The molecule has 1 fully saturated rings. The highest BCUT2D eigenvalue weighted by molar-refractivity contribution is 6.52. The summed E-state index contributed by atoms with van der Waals surface area (Å²) in [4.78, 5) is 32.0. The van der Waals surface area contributed by atoms with E-state index in [-0.39, 0.29) is 17.4 Å². The maximum Gasteiger partial charge on any atom is 0.300 e. The highest BCUT2D eigenvalue weighted by Gasteiger charge is 2.47. The molecule has 1 saturated heterocycles. The van der Waals surface area contributed by atoms with Crippen LogP contribution >= 0.6 is 11.6 Å². The molecule has 6 nitrogen and oxygen atoms in total. The summed E-state index contributed by atoms with van der Waals surface area (Å²) in [5.74, 6) is -1.26. The van der Waals surface area contributed by atoms with Crippen LogP contribution in [0.4, 0.5) is 5.69 Å². The van der Waals surface area contributed by atoms with Crippen LogP contribution in [0.1, 0.15) is 36.6 Å². The number of aliphatic hydroxyl groups excluding tert-OH is 1. The van der Waals surface area contributed by atoms with Gasteiger partial charge in [-0.25, -0.2) is 0 Å². The van der Waals surface area contributed by atoms with Crippen LogP contribution in [0.5, 0.6) is 5.75 Å². The highest BCUT2D eigenvalue weighted by atomic mass is 35.5. The molecule has 3 aromatic rings. The molecule has 0 aliphatic carbocycles. The fourth-order valence-electron chi connectivity index (χ4n) is 3.92. The Bertz CT molecular complexity index is 1250. The molecule has 0 bridgehead atoms. The van der Waals surface area contributed by atoms with E-state index in [9.17, 15) is 14.7 Å². The summed E-state index contributed by atoms with van der Waals surface area (Å²) in [7, 11) is 0. The van der Waals surface area contributed by atoms with Crippen LogP contribution in [0.3, 0.4) is 0 Å². The Labute approximate surface area is 197 Å². The number of aliphatic hydroxyl groups is 1. The average Bonchev–Trinajstić information content (AvgIpc) is 3.06. The lowest BCUT2D eigenvalue weighted by Crippen LogP contribution is -2.30. The lowest BCUT2D eigenvalue weighted by atomic mass is 9.96. The molecule has 0 radical (unpaired) electrons. The fourth-order valence-corrected chi connectivity index (χ4v) is 4.09. The van der Waals surface area contributed by atoms with Gasteiger partial charge in [-0.15, -0.1) is 0 Å². The fraction of sp³-hybridized carbons (Fsp3) is 0.192. The van der Waals surface area contributed by atoms with Crippen LogP contribution in [0, 0.1) is 6.92 Å². The first kappa shape index (κ1) is 22.6. The van der Waals surface area contributed by atoms with Gasteiger partial charge in [0, 0.05) is 28.7 Å². The van der Waals surface area contributed by atoms with Crippen molar-refractivity contribution in [1.82, 2.24) is 4.98 Å². The second-order valence-corrected chi connectivity index (χ2v) is 8.52. The van der Waals surface area contributed by atoms with Crippen LogP contribution in [0.15, 0.2) is 72.6 Å². The van der Waals surface area contributed by atoms with Gasteiger partial charge in [-0.05, 0) is 62.2 Å². The topological polar surface area (TPSA) is 79.7 Å². The lowest BCUT2D eigenvalue weighted by Gasteiger charge is -2.26. The lowest BCUT2D eigenvalue weighted by molar-refractivity contribution is -0.132. The maximum absolute atomic E-state index is 13.3. The number of nitrogens with zero attached hydrogens (tertiary/aromatic N) is 2. The number of anilines is 1. The Morgan fingerprint density at radius 3 is 2.61 bits per heavy atom. The number of aromatic nitrogens is 1. The standard InChI is InChI=1S/C26H23ClN2O4/c1-15(2)33-20-8-4-6-17(12-20)24(30)22-23(18-7-5-11-28-14-18)29(26(32)25(22)31)21-13-19(27)10-9-16(21)3/h4-15,23,30H,1-3H3/b24-22+. The van der Waals surface area contributed by atoms with Gasteiger partial charge in [-0.3, -0.25) is 19.5 Å². The van der Waals surface area contributed by atoms with Crippen molar-refractivity contribution in [3.63, 3.8) is 0 Å². The number of Topliss-reactive ketones (excluding diaryl/α,β-unsaturated/α-hetero) is 1. The zero-order valence-electron chi connectivity index (χ0n) is 18.4. The number of halogens is 1. The average molecular weight is 463 g/mol. The van der Waals surface area contributed by atoms with Gasteiger partial charge < -0.3 is 9.84 Å². The van der Waals surface area contributed by atoms with Gasteiger partial charge in [0.2, 0.25) is 0 Å². The Hall–Kier alpha value is -3.64. The first-order valence-electron chi connectivity index (χ1n) is 10.5. The van der Waals surface area contributed by atoms with Crippen molar-refractivity contribution in [3.8, 4) is 5.75 Å². The monoisotopic (exact) mass is 462 g/mol. The summed E-state index contributed by atoms with van der Waals surface area (Å²) in [6, 6.07) is 14.6. The Balaban J connectivity index is 1.93. The smallest absolute Gasteiger partial charge is 0.300 e. The first-order chi connectivity index (χ1) is 15.8. The molecule has 1 atom stereocenters. The van der Waals surface area contributed by atoms with E-state index in [1.54, 1.807) is 67.0 Å². The second-order valence-electron chi connectivity index (χ2n) is 8.08. The van der Waals surface area contributed by atoms with Crippen molar-refractivity contribution < 1.29 is 19.4 Å². The maximum atomic E-state index is 13.3. The van der Waals surface area contributed by atoms with Gasteiger partial charge in [-0.2, -0.15) is 0 Å². The van der Waals surface area contributed by atoms with Crippen molar-refractivity contribution in [2.24, 2.45) is 0 Å². The number of hydrogen-bond acceptors (Lipinski definition) is 5. The van der Waals surface area contributed by atoms with Gasteiger partial charge in [0.25, 0.3) is 11.7 Å². The van der Waals surface area contributed by atoms with Gasteiger partial charge in [0.1, 0.15) is 11.5 Å². The molecule has 7 heteroatoms. The van der Waals surface area contributed by atoms with Crippen LogP contribution in [0.2, 0.25) is 5.02 Å². The van der Waals surface area contributed by atoms with Crippen LogP contribution in [0.25, 0.3) is 5.76 Å². The molecule has 168 valence electrons. The summed E-state index contributed by atoms with van der Waals surface area (Å²) in [6.07, 6.45) is 3.12. The number of pyridine rings is 1. The molecular weight excluding hydrogens is 440 g/mol. The van der Waals surface area contributed by atoms with E-state index in [0.717, 1.165) is 5.56 Å². The zero-order valence-corrected chi connectivity index (χ0v) is 19.2. The molecule has 2 heterocycles. The number of aryl methyl sites for hydroxylation is 1. The van der Waals surface area contributed by atoms with Gasteiger partial charge in [0.15, 0.2) is 0 Å². The molecule has 0 spiro atoms. The summed E-state index contributed by atoms with van der Waals surface area (Å²) < 4.78 is 5.73. The number of carbonyl (C=O) groups is 2. The number of carbonyl (C=O) groups excluding carboxylic acids is 2. The molecular formula is C26H23ClN2O4. The molecule has 2 aromatic carbocycles. The Morgan fingerprint density at radius 1 is 1.12 bits per heavy atom. The van der Waals surface area contributed by atoms with Crippen molar-refractivity contribution in [2.75, 3.05) is 4.90 Å². The summed E-state index contributed by atoms with van der Waals surface area (Å²) >= 11 is 6.22. The van der Waals surface area contributed by atoms with Crippen LogP contribution in [-0.2, 0) is 9.59 Å². The quantitative estimate of drug-likeness (QED) is 0.309. The molecule has 1 aliphatic rings. The van der Waals surface area contributed by atoms with E-state index >= 15 is 0 Å². The van der Waals surface area contributed by atoms with Gasteiger partial charge in [0.05, 0.1) is 17.7 Å². The van der Waals surface area contributed by atoms with E-state index in [2.05, 4.69) is 4.98 Å². The van der Waals surface area contributed by atoms with Crippen LogP contribution in [-0.4, -0.2) is 27.9 Å². The Morgan fingerprint density at radius 2 is 1.91 bits per heavy atom. The third-order valence-electron chi connectivity index (χ3n) is 5.35. The molecule has 1 N–H and O–H groups in total. The number of rotatable bonds is 5. The van der Waals surface area contributed by atoms with Crippen molar-refractivity contribution in [2.45, 2.75) is 32.9 Å². The molecule has 1 aliphatic heterocycles. The predicted molar refractivity (Wildman–Crippen MR) is 127 cm³/mol. The summed E-state index contributed by atoms with van der Waals surface area (Å²) in [5, 5.41) is 11.7. The minimum atomic E-state index is -0.870. The number of ketones is 1. The van der Waals surface area contributed by atoms with E-state index in [1.807, 2.05) is 20.8 Å². The molecule has 4 rings (SSSR count). The van der Waals surface area contributed by atoms with Gasteiger partial charge in [-0.1, -0.05) is 35.9 Å². The molecule has 1 unspecified atom stereocenters. The van der Waals surface area contributed by atoms with Gasteiger partial charge >= 0.3 is 0 Å². The largest absolute Gasteiger partial charge is 0.507 e. The van der Waals surface area contributed by atoms with Crippen molar-refractivity contribution >= 4 is 34.7 Å². The van der Waals surface area contributed by atoms with E-state index in [4.69, 9.17) is 16.3 Å². The number of ether oxygens (including phenoxy) is 1. The number of benzene rings is 2. The van der Waals surface area contributed by atoms with Crippen molar-refractivity contribution in [3.05, 3.63) is 94.3 Å². The highest BCUT2D eigenvalue weighted by Crippen LogP contribution is 2.43. The first-order valence-corrected chi connectivity index (χ1v) is 10.9. The molecule has 33 heavy (non-hydrogen) atoms. The second kappa shape index (κ2) is 9.08. The van der Waals surface area contributed by atoms with Crippen LogP contribution < -0.4 is 9.64 Å². The summed E-state index contributed by atoms with van der Waals surface area (Å²) in [6.45, 7) is 5.62. The third kappa shape index (κ3) is 4.34. The van der Waals surface area contributed by atoms with Crippen molar-refractivity contribution in [1.29, 1.82) is 0 Å².